The summed E-state index contributed by atoms with van der Waals surface area (Å²) < 4.78 is 0. The molecule has 3 aliphatic heterocycles. The summed E-state index contributed by atoms with van der Waals surface area (Å²) in [5.41, 5.74) is 3.52. The molecule has 0 bridgehead atoms. The molecule has 8 nitrogen and oxygen atoms in total. The molecule has 180 valence electrons. The minimum Gasteiger partial charge on any atom is -0.342 e. The van der Waals surface area contributed by atoms with Crippen molar-refractivity contribution in [1.29, 1.82) is 0 Å². The molecule has 0 spiro atoms. The van der Waals surface area contributed by atoms with Crippen LogP contribution in [0.1, 0.15) is 47.5 Å². The molecule has 3 aliphatic rings. The maximum absolute atomic E-state index is 13.4. The molecule has 3 aromatic rings. The summed E-state index contributed by atoms with van der Waals surface area (Å²) in [5.74, 6) is 0.130. The first-order valence-corrected chi connectivity index (χ1v) is 12.5. The Morgan fingerprint density at radius 1 is 0.971 bits per heavy atom. The number of benzene rings is 2. The molecule has 4 heterocycles. The second-order valence-electron chi connectivity index (χ2n) is 9.98. The van der Waals surface area contributed by atoms with Crippen LogP contribution in [0.25, 0.3) is 10.9 Å². The van der Waals surface area contributed by atoms with Crippen molar-refractivity contribution in [3.8, 4) is 0 Å². The van der Waals surface area contributed by atoms with E-state index in [9.17, 15) is 14.4 Å². The van der Waals surface area contributed by atoms with Crippen molar-refractivity contribution in [2.75, 3.05) is 31.5 Å². The Hall–Kier alpha value is -3.68. The van der Waals surface area contributed by atoms with Gasteiger partial charge < -0.3 is 15.1 Å². The second-order valence-corrected chi connectivity index (χ2v) is 9.98. The molecule has 0 aliphatic carbocycles. The van der Waals surface area contributed by atoms with E-state index in [2.05, 4.69) is 15.5 Å². The number of likely N-dealkylation sites (tertiary alicyclic amines) is 2. The van der Waals surface area contributed by atoms with Crippen molar-refractivity contribution < 1.29 is 14.4 Å². The number of nitrogens with zero attached hydrogens (tertiary/aromatic N) is 3. The molecule has 2 atom stereocenters. The van der Waals surface area contributed by atoms with E-state index in [-0.39, 0.29) is 35.5 Å². The number of para-hydroxylation sites is 1. The number of rotatable bonds is 3. The number of aromatic amines is 1. The van der Waals surface area contributed by atoms with E-state index in [4.69, 9.17) is 0 Å². The minimum absolute atomic E-state index is 0.0322. The molecule has 1 aromatic heterocycles. The minimum atomic E-state index is -0.169. The fraction of sp³-hybridized carbons (Fsp3) is 0.407. The summed E-state index contributed by atoms with van der Waals surface area (Å²) in [7, 11) is 0. The molecule has 6 rings (SSSR count). The molecule has 2 unspecified atom stereocenters. The van der Waals surface area contributed by atoms with Crippen LogP contribution in [0.3, 0.4) is 0 Å². The first-order valence-electron chi connectivity index (χ1n) is 12.5. The fourth-order valence-corrected chi connectivity index (χ4v) is 6.03. The summed E-state index contributed by atoms with van der Waals surface area (Å²) in [6.07, 6.45) is 4.98. The van der Waals surface area contributed by atoms with Gasteiger partial charge in [0.25, 0.3) is 5.91 Å². The zero-order chi connectivity index (χ0) is 23.9. The number of anilines is 1. The Balaban J connectivity index is 1.08. The monoisotopic (exact) mass is 471 g/mol. The third kappa shape index (κ3) is 3.96. The van der Waals surface area contributed by atoms with Crippen LogP contribution in [0, 0.1) is 11.8 Å². The largest absolute Gasteiger partial charge is 0.342 e. The SMILES string of the molecule is O=C1Nc2ccccc2C1C1CCN(C(=O)C2CCCN(C(=O)c3ccc4[nH]ncc4c3)C2)CC1. The highest BCUT2D eigenvalue weighted by atomic mass is 16.2. The number of nitrogens with one attached hydrogen (secondary N) is 2. The molecule has 8 heteroatoms. The van der Waals surface area contributed by atoms with Crippen LogP contribution in [0.2, 0.25) is 0 Å². The van der Waals surface area contributed by atoms with E-state index in [1.54, 1.807) is 6.20 Å². The van der Waals surface area contributed by atoms with Crippen LogP contribution in [-0.4, -0.2) is 63.9 Å². The van der Waals surface area contributed by atoms with Gasteiger partial charge in [-0.2, -0.15) is 5.10 Å². The van der Waals surface area contributed by atoms with Gasteiger partial charge in [-0.15, -0.1) is 0 Å². The molecular weight excluding hydrogens is 442 g/mol. The normalized spacial score (nSPS) is 22.8. The Labute approximate surface area is 203 Å². The lowest BCUT2D eigenvalue weighted by Crippen LogP contribution is -2.49. The van der Waals surface area contributed by atoms with Gasteiger partial charge in [0.2, 0.25) is 11.8 Å². The predicted octanol–water partition coefficient (Wildman–Crippen LogP) is 3.39. The Morgan fingerprint density at radius 2 is 1.80 bits per heavy atom. The second kappa shape index (κ2) is 8.83. The van der Waals surface area contributed by atoms with E-state index >= 15 is 0 Å². The highest BCUT2D eigenvalue weighted by Gasteiger charge is 2.40. The number of amides is 3. The average Bonchev–Trinajstić information content (AvgIpc) is 3.51. The maximum atomic E-state index is 13.4. The molecule has 2 fully saturated rings. The number of fused-ring (bicyclic) bond motifs is 2. The summed E-state index contributed by atoms with van der Waals surface area (Å²) >= 11 is 0. The Morgan fingerprint density at radius 3 is 2.66 bits per heavy atom. The first-order chi connectivity index (χ1) is 17.1. The van der Waals surface area contributed by atoms with Crippen LogP contribution in [0.15, 0.2) is 48.7 Å². The van der Waals surface area contributed by atoms with Crippen LogP contribution in [0.5, 0.6) is 0 Å². The van der Waals surface area contributed by atoms with E-state index in [1.807, 2.05) is 52.3 Å². The summed E-state index contributed by atoms with van der Waals surface area (Å²) in [6, 6.07) is 13.5. The molecule has 2 aromatic carbocycles. The van der Waals surface area contributed by atoms with Crippen LogP contribution < -0.4 is 5.32 Å². The van der Waals surface area contributed by atoms with Gasteiger partial charge in [0.15, 0.2) is 0 Å². The predicted molar refractivity (Wildman–Crippen MR) is 132 cm³/mol. The number of piperidine rings is 2. The van der Waals surface area contributed by atoms with Gasteiger partial charge in [0, 0.05) is 42.8 Å². The standard InChI is InChI=1S/C27H29N5O3/c33-25-24(21-5-1-2-6-23(21)29-25)17-9-12-31(13-10-17)27(35)19-4-3-11-32(16-19)26(34)18-7-8-22-20(14-18)15-28-30-22/h1-2,5-8,14-15,17,19,24H,3-4,9-13,16H2,(H,28,30)(H,29,33). The van der Waals surface area contributed by atoms with Crippen molar-refractivity contribution in [1.82, 2.24) is 20.0 Å². The van der Waals surface area contributed by atoms with Gasteiger partial charge in [-0.05, 0) is 61.4 Å². The molecule has 0 saturated carbocycles. The highest BCUT2D eigenvalue weighted by molar-refractivity contribution is 6.03. The number of hydrogen-bond donors (Lipinski definition) is 2. The molecule has 35 heavy (non-hydrogen) atoms. The zero-order valence-electron chi connectivity index (χ0n) is 19.6. The maximum Gasteiger partial charge on any atom is 0.253 e. The number of hydrogen-bond acceptors (Lipinski definition) is 4. The van der Waals surface area contributed by atoms with E-state index in [1.165, 1.54) is 0 Å². The fourth-order valence-electron chi connectivity index (χ4n) is 6.03. The Bertz CT molecular complexity index is 1290. The first kappa shape index (κ1) is 21.8. The van der Waals surface area contributed by atoms with E-state index in [0.29, 0.717) is 31.7 Å². The third-order valence-corrected chi connectivity index (χ3v) is 7.90. The zero-order valence-corrected chi connectivity index (χ0v) is 19.6. The van der Waals surface area contributed by atoms with Gasteiger partial charge in [-0.1, -0.05) is 18.2 Å². The summed E-state index contributed by atoms with van der Waals surface area (Å²) in [4.78, 5) is 43.0. The van der Waals surface area contributed by atoms with Crippen molar-refractivity contribution >= 4 is 34.3 Å². The number of aromatic nitrogens is 2. The molecule has 0 radical (unpaired) electrons. The lowest BCUT2D eigenvalue weighted by molar-refractivity contribution is -0.138. The third-order valence-electron chi connectivity index (χ3n) is 7.90. The van der Waals surface area contributed by atoms with Gasteiger partial charge in [-0.25, -0.2) is 0 Å². The molecule has 3 amide bonds. The van der Waals surface area contributed by atoms with Crippen molar-refractivity contribution in [2.24, 2.45) is 11.8 Å². The number of carbonyl (C=O) groups is 3. The lowest BCUT2D eigenvalue weighted by atomic mass is 9.80. The van der Waals surface area contributed by atoms with Gasteiger partial charge >= 0.3 is 0 Å². The van der Waals surface area contributed by atoms with Gasteiger partial charge in [0.1, 0.15) is 0 Å². The van der Waals surface area contributed by atoms with Crippen molar-refractivity contribution in [2.45, 2.75) is 31.6 Å². The Kier molecular flexibility index (Phi) is 5.51. The van der Waals surface area contributed by atoms with Crippen molar-refractivity contribution in [3.05, 3.63) is 59.8 Å². The molecule has 2 N–H and O–H groups in total. The number of H-pyrrole nitrogens is 1. The lowest BCUT2D eigenvalue weighted by Gasteiger charge is -2.38. The highest BCUT2D eigenvalue weighted by Crippen LogP contribution is 2.41. The van der Waals surface area contributed by atoms with E-state index in [0.717, 1.165) is 47.8 Å². The summed E-state index contributed by atoms with van der Waals surface area (Å²) in [5, 5.41) is 10.8. The summed E-state index contributed by atoms with van der Waals surface area (Å²) in [6.45, 7) is 2.46. The molecular formula is C27H29N5O3. The molecule has 2 saturated heterocycles. The smallest absolute Gasteiger partial charge is 0.253 e. The van der Waals surface area contributed by atoms with Gasteiger partial charge in [0.05, 0.1) is 23.5 Å². The van der Waals surface area contributed by atoms with Crippen molar-refractivity contribution in [3.63, 3.8) is 0 Å². The van der Waals surface area contributed by atoms with Crippen LogP contribution in [0.4, 0.5) is 5.69 Å². The quantitative estimate of drug-likeness (QED) is 0.612. The average molecular weight is 472 g/mol. The van der Waals surface area contributed by atoms with Crippen LogP contribution >= 0.6 is 0 Å². The van der Waals surface area contributed by atoms with E-state index < -0.39 is 0 Å². The number of carbonyl (C=O) groups excluding carboxylic acids is 3. The van der Waals surface area contributed by atoms with Crippen LogP contribution in [-0.2, 0) is 9.59 Å². The topological polar surface area (TPSA) is 98.4 Å². The van der Waals surface area contributed by atoms with Gasteiger partial charge in [-0.3, -0.25) is 19.5 Å².